The zero-order valence-corrected chi connectivity index (χ0v) is 10.2. The van der Waals surface area contributed by atoms with E-state index in [1.807, 2.05) is 0 Å². The second-order valence-electron chi connectivity index (χ2n) is 4.24. The van der Waals surface area contributed by atoms with Crippen LogP contribution >= 0.6 is 0 Å². The third-order valence-electron chi connectivity index (χ3n) is 2.80. The molecule has 0 radical (unpaired) electrons. The number of ether oxygens (including phenoxy) is 2. The lowest BCUT2D eigenvalue weighted by molar-refractivity contribution is -0.142. The van der Waals surface area contributed by atoms with Crippen LogP contribution in [0.5, 0.6) is 0 Å². The molecular weight excluding hydrogens is 253 g/mol. The van der Waals surface area contributed by atoms with Crippen molar-refractivity contribution in [1.29, 1.82) is 0 Å². The first-order chi connectivity index (χ1) is 9.15. The number of carbonyl (C=O) groups excluding carboxylic acids is 2. The van der Waals surface area contributed by atoms with E-state index in [0.29, 0.717) is 12.0 Å². The largest absolute Gasteiger partial charge is 0.516 e. The first kappa shape index (κ1) is 13.5. The summed E-state index contributed by atoms with van der Waals surface area (Å²) in [4.78, 5) is 22.8. The molecule has 1 aromatic carbocycles. The average Bonchev–Trinajstić information content (AvgIpc) is 2.92. The molecule has 2 rings (SSSR count). The van der Waals surface area contributed by atoms with Crippen LogP contribution in [0, 0.1) is 5.82 Å². The highest BCUT2D eigenvalue weighted by Crippen LogP contribution is 2.08. The van der Waals surface area contributed by atoms with Gasteiger partial charge in [-0.1, -0.05) is 12.1 Å². The van der Waals surface area contributed by atoms with E-state index in [2.05, 4.69) is 10.1 Å². The van der Waals surface area contributed by atoms with Gasteiger partial charge in [0.1, 0.15) is 18.5 Å². The monoisotopic (exact) mass is 267 g/mol. The van der Waals surface area contributed by atoms with Gasteiger partial charge in [-0.2, -0.15) is 0 Å². The molecule has 19 heavy (non-hydrogen) atoms. The van der Waals surface area contributed by atoms with Gasteiger partial charge in [0.2, 0.25) is 0 Å². The van der Waals surface area contributed by atoms with Crippen molar-refractivity contribution in [2.75, 3.05) is 6.54 Å². The summed E-state index contributed by atoms with van der Waals surface area (Å²) in [5, 5.41) is 2.92. The molecule has 0 saturated carbocycles. The predicted octanol–water partition coefficient (Wildman–Crippen LogP) is 1.76. The van der Waals surface area contributed by atoms with Crippen molar-refractivity contribution in [2.45, 2.75) is 25.5 Å². The minimum absolute atomic E-state index is 0.0650. The van der Waals surface area contributed by atoms with Crippen LogP contribution in [0.15, 0.2) is 24.3 Å². The van der Waals surface area contributed by atoms with Crippen molar-refractivity contribution >= 4 is 12.1 Å². The Morgan fingerprint density at radius 3 is 2.68 bits per heavy atom. The first-order valence-corrected chi connectivity index (χ1v) is 6.01. The molecule has 1 atom stereocenters. The van der Waals surface area contributed by atoms with E-state index in [4.69, 9.17) is 4.74 Å². The number of esters is 1. The first-order valence-electron chi connectivity index (χ1n) is 6.01. The van der Waals surface area contributed by atoms with Crippen LogP contribution in [0.25, 0.3) is 0 Å². The number of rotatable bonds is 3. The maximum atomic E-state index is 12.6. The van der Waals surface area contributed by atoms with Crippen LogP contribution in [0.2, 0.25) is 0 Å². The summed E-state index contributed by atoms with van der Waals surface area (Å²) in [6.45, 7) is 0.675. The van der Waals surface area contributed by atoms with E-state index < -0.39 is 18.2 Å². The van der Waals surface area contributed by atoms with Crippen LogP contribution in [0.4, 0.5) is 9.18 Å². The lowest BCUT2D eigenvalue weighted by Crippen LogP contribution is -2.33. The maximum Gasteiger partial charge on any atom is 0.516 e. The smallest absolute Gasteiger partial charge is 0.429 e. The second kappa shape index (κ2) is 6.29. The van der Waals surface area contributed by atoms with Gasteiger partial charge in [0.05, 0.1) is 0 Å². The Bertz CT molecular complexity index is 454. The SMILES string of the molecule is O=C(OCc1ccc(F)cc1)OC(=O)[C@@H]1CCCN1. The van der Waals surface area contributed by atoms with Crippen molar-refractivity contribution in [3.05, 3.63) is 35.6 Å². The molecular formula is C13H14FNO4. The van der Waals surface area contributed by atoms with Gasteiger partial charge in [-0.15, -0.1) is 0 Å². The standard InChI is InChI=1S/C13H14FNO4/c14-10-5-3-9(4-6-10)8-18-13(17)19-12(16)11-2-1-7-15-11/h3-6,11,15H,1-2,7-8H2/t11-/m0/s1. The highest BCUT2D eigenvalue weighted by molar-refractivity contribution is 5.85. The van der Waals surface area contributed by atoms with Gasteiger partial charge in [0.25, 0.3) is 0 Å². The van der Waals surface area contributed by atoms with Gasteiger partial charge in [0, 0.05) is 0 Å². The van der Waals surface area contributed by atoms with Crippen molar-refractivity contribution < 1.29 is 23.5 Å². The topological polar surface area (TPSA) is 64.6 Å². The van der Waals surface area contributed by atoms with Crippen LogP contribution in [-0.4, -0.2) is 24.7 Å². The molecule has 0 aromatic heterocycles. The number of halogens is 1. The van der Waals surface area contributed by atoms with Gasteiger partial charge < -0.3 is 14.8 Å². The van der Waals surface area contributed by atoms with Gasteiger partial charge in [-0.3, -0.25) is 0 Å². The molecule has 1 aromatic rings. The molecule has 1 fully saturated rings. The fourth-order valence-electron chi connectivity index (χ4n) is 1.79. The predicted molar refractivity (Wildman–Crippen MR) is 63.7 cm³/mol. The molecule has 1 aliphatic rings. The zero-order chi connectivity index (χ0) is 13.7. The molecule has 102 valence electrons. The second-order valence-corrected chi connectivity index (χ2v) is 4.24. The zero-order valence-electron chi connectivity index (χ0n) is 10.2. The Morgan fingerprint density at radius 2 is 2.05 bits per heavy atom. The van der Waals surface area contributed by atoms with Crippen molar-refractivity contribution in [3.8, 4) is 0 Å². The van der Waals surface area contributed by atoms with Gasteiger partial charge in [-0.25, -0.2) is 14.0 Å². The quantitative estimate of drug-likeness (QED) is 0.667. The van der Waals surface area contributed by atoms with Crippen molar-refractivity contribution in [3.63, 3.8) is 0 Å². The summed E-state index contributed by atoms with van der Waals surface area (Å²) in [5.41, 5.74) is 0.616. The summed E-state index contributed by atoms with van der Waals surface area (Å²) in [5.74, 6) is -0.990. The molecule has 1 N–H and O–H groups in total. The van der Waals surface area contributed by atoms with E-state index >= 15 is 0 Å². The Labute approximate surface area is 109 Å². The summed E-state index contributed by atoms with van der Waals surface area (Å²) in [6, 6.07) is 5.07. The fourth-order valence-corrected chi connectivity index (χ4v) is 1.79. The van der Waals surface area contributed by atoms with Crippen LogP contribution < -0.4 is 5.32 Å². The summed E-state index contributed by atoms with van der Waals surface area (Å²) in [6.07, 6.45) is 0.497. The third-order valence-corrected chi connectivity index (χ3v) is 2.80. The van der Waals surface area contributed by atoms with Gasteiger partial charge in [-0.05, 0) is 37.1 Å². The molecule has 0 spiro atoms. The molecule has 6 heteroatoms. The summed E-state index contributed by atoms with van der Waals surface area (Å²) >= 11 is 0. The molecule has 1 heterocycles. The van der Waals surface area contributed by atoms with E-state index in [9.17, 15) is 14.0 Å². The Balaban J connectivity index is 1.75. The molecule has 0 amide bonds. The van der Waals surface area contributed by atoms with E-state index in [1.54, 1.807) is 0 Å². The third kappa shape index (κ3) is 4.03. The summed E-state index contributed by atoms with van der Waals surface area (Å²) in [7, 11) is 0. The number of carbonyl (C=O) groups is 2. The lowest BCUT2D eigenvalue weighted by Gasteiger charge is -2.09. The number of nitrogens with one attached hydrogen (secondary N) is 1. The molecule has 0 unspecified atom stereocenters. The molecule has 0 aliphatic carbocycles. The van der Waals surface area contributed by atoms with Gasteiger partial charge >= 0.3 is 12.1 Å². The van der Waals surface area contributed by atoms with E-state index in [1.165, 1.54) is 24.3 Å². The van der Waals surface area contributed by atoms with E-state index in [0.717, 1.165) is 13.0 Å². The number of hydrogen-bond acceptors (Lipinski definition) is 5. The van der Waals surface area contributed by atoms with Crippen LogP contribution in [-0.2, 0) is 20.9 Å². The maximum absolute atomic E-state index is 12.6. The van der Waals surface area contributed by atoms with Crippen molar-refractivity contribution in [2.24, 2.45) is 0 Å². The Hall–Kier alpha value is -1.95. The minimum Gasteiger partial charge on any atom is -0.429 e. The average molecular weight is 267 g/mol. The molecule has 5 nitrogen and oxygen atoms in total. The Morgan fingerprint density at radius 1 is 1.32 bits per heavy atom. The van der Waals surface area contributed by atoms with Crippen molar-refractivity contribution in [1.82, 2.24) is 5.32 Å². The highest BCUT2D eigenvalue weighted by atomic mass is 19.1. The highest BCUT2D eigenvalue weighted by Gasteiger charge is 2.26. The minimum atomic E-state index is -1.04. The molecule has 0 bridgehead atoms. The summed E-state index contributed by atoms with van der Waals surface area (Å²) < 4.78 is 22.0. The Kier molecular flexibility index (Phi) is 4.46. The van der Waals surface area contributed by atoms with E-state index in [-0.39, 0.29) is 12.4 Å². The molecule has 1 aliphatic heterocycles. The normalized spacial score (nSPS) is 18.1. The van der Waals surface area contributed by atoms with Gasteiger partial charge in [0.15, 0.2) is 0 Å². The lowest BCUT2D eigenvalue weighted by atomic mass is 10.2. The number of benzene rings is 1. The van der Waals surface area contributed by atoms with Crippen LogP contribution in [0.3, 0.4) is 0 Å². The number of hydrogen-bond donors (Lipinski definition) is 1. The van der Waals surface area contributed by atoms with Crippen LogP contribution in [0.1, 0.15) is 18.4 Å². The fraction of sp³-hybridized carbons (Fsp3) is 0.385. The molecule has 1 saturated heterocycles.